The number of pyridine rings is 1. The molecule has 1 aromatic carbocycles. The lowest BCUT2D eigenvalue weighted by atomic mass is 10.2. The molecule has 1 amide bonds. The summed E-state index contributed by atoms with van der Waals surface area (Å²) in [5, 5.41) is 2.91. The number of rotatable bonds is 7. The molecule has 1 N–H and O–H groups in total. The van der Waals surface area contributed by atoms with E-state index in [0.717, 1.165) is 30.8 Å². The Labute approximate surface area is 138 Å². The summed E-state index contributed by atoms with van der Waals surface area (Å²) in [6.45, 7) is 7.80. The van der Waals surface area contributed by atoms with Crippen LogP contribution in [0.15, 0.2) is 42.6 Å². The van der Waals surface area contributed by atoms with Crippen LogP contribution in [0, 0.1) is 6.92 Å². The third-order valence-corrected chi connectivity index (χ3v) is 3.73. The van der Waals surface area contributed by atoms with Gasteiger partial charge in [0.15, 0.2) is 0 Å². The largest absolute Gasteiger partial charge is 0.351 e. The lowest BCUT2D eigenvalue weighted by Gasteiger charge is -2.24. The zero-order valence-electron chi connectivity index (χ0n) is 14.2. The summed E-state index contributed by atoms with van der Waals surface area (Å²) < 4.78 is 0. The minimum Gasteiger partial charge on any atom is -0.351 e. The standard InChI is InChI=1S/C19H25N3O/c1-4-6-11-21-19(23)18-14-17(10-12-20-18)22(5-2)16-9-7-8-15(3)13-16/h7-10,12-14H,4-6,11H2,1-3H3,(H,21,23). The Morgan fingerprint density at radius 2 is 1.96 bits per heavy atom. The van der Waals surface area contributed by atoms with Gasteiger partial charge in [-0.05, 0) is 50.1 Å². The number of carbonyl (C=O) groups excluding carboxylic acids is 1. The number of nitrogens with one attached hydrogen (secondary N) is 1. The average Bonchev–Trinajstić information content (AvgIpc) is 2.56. The minimum atomic E-state index is -0.111. The van der Waals surface area contributed by atoms with E-state index in [-0.39, 0.29) is 5.91 Å². The Hall–Kier alpha value is -2.36. The van der Waals surface area contributed by atoms with Crippen LogP contribution < -0.4 is 10.2 Å². The van der Waals surface area contributed by atoms with E-state index in [1.165, 1.54) is 5.56 Å². The van der Waals surface area contributed by atoms with Crippen molar-refractivity contribution in [3.63, 3.8) is 0 Å². The van der Waals surface area contributed by atoms with E-state index in [0.29, 0.717) is 12.2 Å². The van der Waals surface area contributed by atoms with Gasteiger partial charge in [0, 0.05) is 30.7 Å². The average molecular weight is 311 g/mol. The normalized spacial score (nSPS) is 10.4. The minimum absolute atomic E-state index is 0.111. The van der Waals surface area contributed by atoms with Gasteiger partial charge in [0.05, 0.1) is 0 Å². The highest BCUT2D eigenvalue weighted by Crippen LogP contribution is 2.25. The molecule has 0 spiro atoms. The molecule has 23 heavy (non-hydrogen) atoms. The molecule has 0 saturated carbocycles. The quantitative estimate of drug-likeness (QED) is 0.784. The van der Waals surface area contributed by atoms with Crippen molar-refractivity contribution in [2.24, 2.45) is 0 Å². The van der Waals surface area contributed by atoms with Crippen molar-refractivity contribution in [1.29, 1.82) is 0 Å². The second-order valence-electron chi connectivity index (χ2n) is 5.59. The van der Waals surface area contributed by atoms with Gasteiger partial charge in [-0.2, -0.15) is 0 Å². The summed E-state index contributed by atoms with van der Waals surface area (Å²) in [4.78, 5) is 18.6. The SMILES string of the molecule is CCCCNC(=O)c1cc(N(CC)c2cccc(C)c2)ccn1. The molecule has 0 saturated heterocycles. The molecular weight excluding hydrogens is 286 g/mol. The highest BCUT2D eigenvalue weighted by Gasteiger charge is 2.12. The summed E-state index contributed by atoms with van der Waals surface area (Å²) in [5.74, 6) is -0.111. The topological polar surface area (TPSA) is 45.2 Å². The number of unbranched alkanes of at least 4 members (excludes halogenated alkanes) is 1. The van der Waals surface area contributed by atoms with E-state index in [4.69, 9.17) is 0 Å². The Bertz CT molecular complexity index is 655. The first-order chi connectivity index (χ1) is 11.2. The summed E-state index contributed by atoms with van der Waals surface area (Å²) >= 11 is 0. The van der Waals surface area contributed by atoms with E-state index in [9.17, 15) is 4.79 Å². The molecule has 0 aliphatic carbocycles. The van der Waals surface area contributed by atoms with Crippen LogP contribution in [0.3, 0.4) is 0 Å². The highest BCUT2D eigenvalue weighted by molar-refractivity contribution is 5.93. The molecule has 0 radical (unpaired) electrons. The smallest absolute Gasteiger partial charge is 0.269 e. The van der Waals surface area contributed by atoms with Crippen LogP contribution in [0.25, 0.3) is 0 Å². The molecule has 122 valence electrons. The summed E-state index contributed by atoms with van der Waals surface area (Å²) in [6.07, 6.45) is 3.74. The number of aromatic nitrogens is 1. The van der Waals surface area contributed by atoms with Crippen LogP contribution in [0.1, 0.15) is 42.7 Å². The molecular formula is C19H25N3O. The van der Waals surface area contributed by atoms with Crippen molar-refractivity contribution in [3.8, 4) is 0 Å². The van der Waals surface area contributed by atoms with Crippen LogP contribution in [-0.4, -0.2) is 24.0 Å². The molecule has 0 unspecified atom stereocenters. The predicted octanol–water partition coefficient (Wildman–Crippen LogP) is 4.08. The zero-order valence-corrected chi connectivity index (χ0v) is 14.2. The van der Waals surface area contributed by atoms with Gasteiger partial charge >= 0.3 is 0 Å². The summed E-state index contributed by atoms with van der Waals surface area (Å²) in [6, 6.07) is 12.1. The predicted molar refractivity (Wildman–Crippen MR) is 95.3 cm³/mol. The number of carbonyl (C=O) groups is 1. The molecule has 0 bridgehead atoms. The Morgan fingerprint density at radius 1 is 1.17 bits per heavy atom. The number of benzene rings is 1. The molecule has 0 fully saturated rings. The van der Waals surface area contributed by atoms with E-state index in [1.807, 2.05) is 18.2 Å². The third-order valence-electron chi connectivity index (χ3n) is 3.73. The molecule has 0 aliphatic heterocycles. The number of anilines is 2. The fourth-order valence-corrected chi connectivity index (χ4v) is 2.49. The van der Waals surface area contributed by atoms with Gasteiger partial charge in [-0.25, -0.2) is 0 Å². The molecule has 1 aromatic heterocycles. The van der Waals surface area contributed by atoms with Crippen LogP contribution in [0.4, 0.5) is 11.4 Å². The monoisotopic (exact) mass is 311 g/mol. The molecule has 2 aromatic rings. The molecule has 0 atom stereocenters. The zero-order chi connectivity index (χ0) is 16.7. The van der Waals surface area contributed by atoms with Crippen molar-refractivity contribution in [2.75, 3.05) is 18.0 Å². The molecule has 4 nitrogen and oxygen atoms in total. The summed E-state index contributed by atoms with van der Waals surface area (Å²) in [5.41, 5.74) is 3.78. The van der Waals surface area contributed by atoms with Crippen molar-refractivity contribution >= 4 is 17.3 Å². The molecule has 4 heteroatoms. The lowest BCUT2D eigenvalue weighted by molar-refractivity contribution is 0.0948. The van der Waals surface area contributed by atoms with Gasteiger partial charge in [-0.15, -0.1) is 0 Å². The number of amides is 1. The van der Waals surface area contributed by atoms with Gasteiger partial charge < -0.3 is 10.2 Å². The van der Waals surface area contributed by atoms with E-state index < -0.39 is 0 Å². The van der Waals surface area contributed by atoms with Gasteiger partial charge in [-0.3, -0.25) is 9.78 Å². The maximum atomic E-state index is 12.2. The fraction of sp³-hybridized carbons (Fsp3) is 0.368. The second kappa shape index (κ2) is 8.32. The molecule has 0 aliphatic rings. The van der Waals surface area contributed by atoms with Crippen molar-refractivity contribution < 1.29 is 4.79 Å². The maximum Gasteiger partial charge on any atom is 0.269 e. The van der Waals surface area contributed by atoms with Gasteiger partial charge in [0.1, 0.15) is 5.69 Å². The van der Waals surface area contributed by atoms with Gasteiger partial charge in [0.25, 0.3) is 5.91 Å². The third kappa shape index (κ3) is 4.55. The Balaban J connectivity index is 2.21. The number of nitrogens with zero attached hydrogens (tertiary/aromatic N) is 2. The van der Waals surface area contributed by atoms with Crippen LogP contribution in [0.2, 0.25) is 0 Å². The first-order valence-corrected chi connectivity index (χ1v) is 8.24. The van der Waals surface area contributed by atoms with Crippen LogP contribution >= 0.6 is 0 Å². The van der Waals surface area contributed by atoms with Crippen molar-refractivity contribution in [3.05, 3.63) is 53.9 Å². The van der Waals surface area contributed by atoms with E-state index in [1.54, 1.807) is 6.20 Å². The Morgan fingerprint density at radius 3 is 2.65 bits per heavy atom. The highest BCUT2D eigenvalue weighted by atomic mass is 16.1. The first kappa shape index (κ1) is 17.0. The summed E-state index contributed by atoms with van der Waals surface area (Å²) in [7, 11) is 0. The van der Waals surface area contributed by atoms with E-state index in [2.05, 4.69) is 54.2 Å². The fourth-order valence-electron chi connectivity index (χ4n) is 2.49. The number of aryl methyl sites for hydroxylation is 1. The Kier molecular flexibility index (Phi) is 6.15. The lowest BCUT2D eigenvalue weighted by Crippen LogP contribution is -2.25. The first-order valence-electron chi connectivity index (χ1n) is 8.24. The van der Waals surface area contributed by atoms with Crippen LogP contribution in [-0.2, 0) is 0 Å². The van der Waals surface area contributed by atoms with Gasteiger partial charge in [0.2, 0.25) is 0 Å². The molecule has 1 heterocycles. The van der Waals surface area contributed by atoms with Crippen LogP contribution in [0.5, 0.6) is 0 Å². The van der Waals surface area contributed by atoms with Gasteiger partial charge in [-0.1, -0.05) is 25.5 Å². The molecule has 2 rings (SSSR count). The number of hydrogen-bond acceptors (Lipinski definition) is 3. The maximum absolute atomic E-state index is 12.2. The van der Waals surface area contributed by atoms with E-state index >= 15 is 0 Å². The number of hydrogen-bond donors (Lipinski definition) is 1. The van der Waals surface area contributed by atoms with Crippen molar-refractivity contribution in [2.45, 2.75) is 33.6 Å². The second-order valence-corrected chi connectivity index (χ2v) is 5.59. The van der Waals surface area contributed by atoms with Crippen molar-refractivity contribution in [1.82, 2.24) is 10.3 Å².